The summed E-state index contributed by atoms with van der Waals surface area (Å²) in [5.41, 5.74) is 7.31. The number of methoxy groups -OCH3 is 1. The van der Waals surface area contributed by atoms with Gasteiger partial charge in [-0.25, -0.2) is 9.97 Å². The average Bonchev–Trinajstić information content (AvgIpc) is 2.48. The van der Waals surface area contributed by atoms with Crippen LogP contribution in [0.2, 0.25) is 0 Å². The Morgan fingerprint density at radius 1 is 1.35 bits per heavy atom. The number of anilines is 1. The molecule has 0 fully saturated rings. The number of nitrogens with one attached hydrogen (secondary N) is 1. The number of nitrogens with two attached hydrogens (primary N) is 1. The number of rotatable bonds is 6. The second kappa shape index (κ2) is 6.81. The second-order valence-electron chi connectivity index (χ2n) is 4.15. The molecule has 0 aliphatic heterocycles. The maximum absolute atomic E-state index is 5.61. The van der Waals surface area contributed by atoms with Crippen LogP contribution in [0.25, 0.3) is 0 Å². The molecule has 0 aliphatic rings. The lowest BCUT2D eigenvalue weighted by molar-refractivity contribution is 0.414. The Hall–Kier alpha value is -2.21. The minimum Gasteiger partial charge on any atom is -0.497 e. The van der Waals surface area contributed by atoms with Gasteiger partial charge in [0.1, 0.15) is 16.4 Å². The van der Waals surface area contributed by atoms with Crippen LogP contribution in [0.1, 0.15) is 11.3 Å². The Morgan fingerprint density at radius 2 is 2.15 bits per heavy atom. The topological polar surface area (TPSA) is 73.1 Å². The summed E-state index contributed by atoms with van der Waals surface area (Å²) in [5.74, 6) is 1.47. The fraction of sp³-hybridized carbons (Fsp3) is 0.214. The van der Waals surface area contributed by atoms with E-state index >= 15 is 0 Å². The molecule has 0 bridgehead atoms. The summed E-state index contributed by atoms with van der Waals surface area (Å²) < 4.78 is 5.19. The van der Waals surface area contributed by atoms with Crippen molar-refractivity contribution in [1.29, 1.82) is 0 Å². The first kappa shape index (κ1) is 14.2. The Morgan fingerprint density at radius 3 is 2.90 bits per heavy atom. The average molecular weight is 288 g/mol. The van der Waals surface area contributed by atoms with Crippen LogP contribution in [-0.4, -0.2) is 28.6 Å². The van der Waals surface area contributed by atoms with Crippen LogP contribution in [0.5, 0.6) is 5.75 Å². The summed E-state index contributed by atoms with van der Waals surface area (Å²) in [6.45, 7) is 0.710. The Labute approximate surface area is 123 Å². The summed E-state index contributed by atoms with van der Waals surface area (Å²) in [6, 6.07) is 7.95. The van der Waals surface area contributed by atoms with Gasteiger partial charge >= 0.3 is 0 Å². The van der Waals surface area contributed by atoms with Crippen molar-refractivity contribution >= 4 is 23.0 Å². The van der Waals surface area contributed by atoms with Crippen LogP contribution in [0.4, 0.5) is 5.82 Å². The molecule has 0 radical (unpaired) electrons. The fourth-order valence-electron chi connectivity index (χ4n) is 1.80. The molecule has 3 N–H and O–H groups in total. The largest absolute Gasteiger partial charge is 0.497 e. The van der Waals surface area contributed by atoms with Crippen LogP contribution in [0, 0.1) is 0 Å². The van der Waals surface area contributed by atoms with E-state index in [1.165, 1.54) is 5.56 Å². The zero-order valence-electron chi connectivity index (χ0n) is 11.2. The van der Waals surface area contributed by atoms with Crippen molar-refractivity contribution in [2.45, 2.75) is 6.42 Å². The van der Waals surface area contributed by atoms with E-state index in [1.807, 2.05) is 18.2 Å². The van der Waals surface area contributed by atoms with Crippen molar-refractivity contribution in [1.82, 2.24) is 9.97 Å². The lowest BCUT2D eigenvalue weighted by atomic mass is 10.1. The lowest BCUT2D eigenvalue weighted by Crippen LogP contribution is -2.17. The monoisotopic (exact) mass is 288 g/mol. The number of hydrogen-bond donors (Lipinski definition) is 2. The third kappa shape index (κ3) is 3.64. The third-order valence-electron chi connectivity index (χ3n) is 2.77. The molecule has 0 atom stereocenters. The summed E-state index contributed by atoms with van der Waals surface area (Å²) in [5, 5.41) is 3.20. The van der Waals surface area contributed by atoms with E-state index in [1.54, 1.807) is 19.5 Å². The van der Waals surface area contributed by atoms with Gasteiger partial charge in [0.2, 0.25) is 0 Å². The maximum atomic E-state index is 5.61. The molecule has 2 aromatic rings. The van der Waals surface area contributed by atoms with Gasteiger partial charge in [-0.1, -0.05) is 24.4 Å². The van der Waals surface area contributed by atoms with Crippen molar-refractivity contribution < 1.29 is 4.74 Å². The number of hydrogen-bond acceptors (Lipinski definition) is 5. The van der Waals surface area contributed by atoms with Crippen LogP contribution < -0.4 is 15.8 Å². The van der Waals surface area contributed by atoms with Crippen LogP contribution in [0.3, 0.4) is 0 Å². The molecule has 0 spiro atoms. The van der Waals surface area contributed by atoms with Gasteiger partial charge in [0.25, 0.3) is 0 Å². The van der Waals surface area contributed by atoms with E-state index < -0.39 is 0 Å². The van der Waals surface area contributed by atoms with Gasteiger partial charge < -0.3 is 15.8 Å². The minimum atomic E-state index is 0.238. The number of nitrogens with zero attached hydrogens (tertiary/aromatic N) is 2. The van der Waals surface area contributed by atoms with Gasteiger partial charge in [0.15, 0.2) is 5.82 Å². The fourth-order valence-corrected chi connectivity index (χ4v) is 1.95. The number of aromatic nitrogens is 2. The molecule has 6 heteroatoms. The minimum absolute atomic E-state index is 0.238. The Balaban J connectivity index is 1.97. The van der Waals surface area contributed by atoms with Gasteiger partial charge in [-0.15, -0.1) is 0 Å². The molecule has 0 unspecified atom stereocenters. The highest BCUT2D eigenvalue weighted by Crippen LogP contribution is 2.13. The van der Waals surface area contributed by atoms with E-state index in [-0.39, 0.29) is 4.99 Å². The number of benzene rings is 1. The lowest BCUT2D eigenvalue weighted by Gasteiger charge is -2.09. The van der Waals surface area contributed by atoms with Crippen LogP contribution in [0.15, 0.2) is 36.7 Å². The molecule has 1 aromatic heterocycles. The molecule has 104 valence electrons. The molecule has 20 heavy (non-hydrogen) atoms. The molecule has 1 heterocycles. The van der Waals surface area contributed by atoms with E-state index in [0.717, 1.165) is 12.2 Å². The predicted octanol–water partition coefficient (Wildman–Crippen LogP) is 1.77. The second-order valence-corrected chi connectivity index (χ2v) is 4.59. The predicted molar refractivity (Wildman–Crippen MR) is 83.1 cm³/mol. The summed E-state index contributed by atoms with van der Waals surface area (Å²) >= 11 is 4.95. The van der Waals surface area contributed by atoms with Crippen molar-refractivity contribution in [2.24, 2.45) is 5.73 Å². The quantitative estimate of drug-likeness (QED) is 0.789. The smallest absolute Gasteiger partial charge is 0.155 e. The maximum Gasteiger partial charge on any atom is 0.155 e. The Bertz CT molecular complexity index is 603. The third-order valence-corrected chi connectivity index (χ3v) is 2.97. The van der Waals surface area contributed by atoms with Crippen molar-refractivity contribution in [3.63, 3.8) is 0 Å². The standard InChI is InChI=1S/C14H16N4OS/c1-19-11-4-2-3-10(9-11)5-6-17-14-12(13(15)20)16-7-8-18-14/h2-4,7-9H,5-6H2,1H3,(H2,15,20)(H,17,18). The first-order valence-corrected chi connectivity index (χ1v) is 6.59. The first-order valence-electron chi connectivity index (χ1n) is 6.18. The van der Waals surface area contributed by atoms with E-state index in [4.69, 9.17) is 22.7 Å². The molecule has 2 rings (SSSR count). The molecule has 0 amide bonds. The van der Waals surface area contributed by atoms with Crippen molar-refractivity contribution in [2.75, 3.05) is 19.0 Å². The highest BCUT2D eigenvalue weighted by atomic mass is 32.1. The molecule has 0 aliphatic carbocycles. The van der Waals surface area contributed by atoms with E-state index in [9.17, 15) is 0 Å². The highest BCUT2D eigenvalue weighted by molar-refractivity contribution is 7.80. The zero-order chi connectivity index (χ0) is 14.4. The SMILES string of the molecule is COc1cccc(CCNc2nccnc2C(N)=S)c1. The normalized spacial score (nSPS) is 10.1. The van der Waals surface area contributed by atoms with Gasteiger partial charge in [-0.2, -0.15) is 0 Å². The van der Waals surface area contributed by atoms with Gasteiger partial charge in [0, 0.05) is 18.9 Å². The molecule has 0 saturated carbocycles. The van der Waals surface area contributed by atoms with Crippen LogP contribution >= 0.6 is 12.2 Å². The molecular formula is C14H16N4OS. The summed E-state index contributed by atoms with van der Waals surface area (Å²) in [4.78, 5) is 8.56. The van der Waals surface area contributed by atoms with Crippen molar-refractivity contribution in [3.8, 4) is 5.75 Å². The molecule has 5 nitrogen and oxygen atoms in total. The van der Waals surface area contributed by atoms with Gasteiger partial charge in [-0.3, -0.25) is 0 Å². The van der Waals surface area contributed by atoms with Crippen molar-refractivity contribution in [3.05, 3.63) is 47.9 Å². The number of thiocarbonyl (C=S) groups is 1. The highest BCUT2D eigenvalue weighted by Gasteiger charge is 2.06. The molecular weight excluding hydrogens is 272 g/mol. The van der Waals surface area contributed by atoms with E-state index in [2.05, 4.69) is 21.4 Å². The number of ether oxygens (including phenoxy) is 1. The molecule has 0 saturated heterocycles. The van der Waals surface area contributed by atoms with Gasteiger partial charge in [-0.05, 0) is 24.1 Å². The Kier molecular flexibility index (Phi) is 4.84. The van der Waals surface area contributed by atoms with Gasteiger partial charge in [0.05, 0.1) is 7.11 Å². The summed E-state index contributed by atoms with van der Waals surface area (Å²) in [6.07, 6.45) is 4.02. The molecule has 1 aromatic carbocycles. The van der Waals surface area contributed by atoms with Crippen LogP contribution in [-0.2, 0) is 6.42 Å². The summed E-state index contributed by atoms with van der Waals surface area (Å²) in [7, 11) is 1.66. The van der Waals surface area contributed by atoms with E-state index in [0.29, 0.717) is 18.1 Å². The first-order chi connectivity index (χ1) is 9.70. The zero-order valence-corrected chi connectivity index (χ0v) is 12.0.